The van der Waals surface area contributed by atoms with Gasteiger partial charge in [-0.1, -0.05) is 24.3 Å². The van der Waals surface area contributed by atoms with E-state index in [9.17, 15) is 4.79 Å². The van der Waals surface area contributed by atoms with E-state index in [-0.39, 0.29) is 5.91 Å². The Morgan fingerprint density at radius 2 is 2.14 bits per heavy atom. The summed E-state index contributed by atoms with van der Waals surface area (Å²) < 4.78 is 5.33. The van der Waals surface area contributed by atoms with Crippen LogP contribution in [-0.2, 0) is 13.1 Å². The molecule has 0 radical (unpaired) electrons. The normalized spacial score (nSPS) is 16.7. The lowest BCUT2D eigenvalue weighted by molar-refractivity contribution is 0.0945. The molecule has 1 aromatic carbocycles. The molecule has 2 N–H and O–H groups in total. The van der Waals surface area contributed by atoms with E-state index < -0.39 is 0 Å². The van der Waals surface area contributed by atoms with Crippen LogP contribution in [0.2, 0.25) is 0 Å². The van der Waals surface area contributed by atoms with Gasteiger partial charge in [-0.25, -0.2) is 0 Å². The van der Waals surface area contributed by atoms with E-state index >= 15 is 0 Å². The first-order valence-electron chi connectivity index (χ1n) is 9.80. The van der Waals surface area contributed by atoms with Crippen molar-refractivity contribution in [2.75, 3.05) is 20.2 Å². The number of para-hydroxylation sites is 1. The lowest BCUT2D eigenvalue weighted by Crippen LogP contribution is -2.23. The molecule has 7 heteroatoms. The number of pyridine rings is 1. The topological polar surface area (TPSA) is 83.1 Å². The Labute approximate surface area is 170 Å². The van der Waals surface area contributed by atoms with E-state index in [1.165, 1.54) is 0 Å². The number of likely N-dealkylation sites (tertiary alicyclic amines) is 1. The molecule has 29 heavy (non-hydrogen) atoms. The first-order chi connectivity index (χ1) is 14.2. The van der Waals surface area contributed by atoms with Crippen molar-refractivity contribution in [1.82, 2.24) is 25.4 Å². The molecule has 0 bridgehead atoms. The highest BCUT2D eigenvalue weighted by Gasteiger charge is 2.26. The smallest absolute Gasteiger partial charge is 0.272 e. The summed E-state index contributed by atoms with van der Waals surface area (Å²) in [6.45, 7) is 3.18. The standard InChI is InChI=1S/C22H25N5O2/c1-29-21-8-3-2-6-16(21)13-24-22(28)20-12-19(25-26-20)17-9-11-27(14-17)15-18-7-4-5-10-23-18/h2-8,10,12,17H,9,11,13-15H2,1H3,(H,24,28)(H,25,26)/t17-/m0/s1. The fourth-order valence-corrected chi connectivity index (χ4v) is 3.73. The Hall–Kier alpha value is -3.19. The minimum absolute atomic E-state index is 0.193. The van der Waals surface area contributed by atoms with Gasteiger partial charge in [-0.05, 0) is 37.2 Å². The van der Waals surface area contributed by atoms with Gasteiger partial charge in [-0.2, -0.15) is 5.10 Å². The second kappa shape index (κ2) is 8.87. The summed E-state index contributed by atoms with van der Waals surface area (Å²) in [5.74, 6) is 0.915. The molecule has 1 fully saturated rings. The van der Waals surface area contributed by atoms with Crippen LogP contribution in [0.15, 0.2) is 54.7 Å². The van der Waals surface area contributed by atoms with Crippen molar-refractivity contribution in [1.29, 1.82) is 0 Å². The highest BCUT2D eigenvalue weighted by Crippen LogP contribution is 2.27. The van der Waals surface area contributed by atoms with Gasteiger partial charge in [0.1, 0.15) is 11.4 Å². The van der Waals surface area contributed by atoms with Crippen LogP contribution in [0, 0.1) is 0 Å². The number of aromatic nitrogens is 3. The minimum Gasteiger partial charge on any atom is -0.496 e. The molecule has 150 valence electrons. The Balaban J connectivity index is 1.33. The Bertz CT molecular complexity index is 957. The molecule has 0 saturated carbocycles. The Kier molecular flexibility index (Phi) is 5.86. The zero-order valence-electron chi connectivity index (χ0n) is 16.5. The maximum Gasteiger partial charge on any atom is 0.272 e. The quantitative estimate of drug-likeness (QED) is 0.647. The number of nitrogens with one attached hydrogen (secondary N) is 2. The van der Waals surface area contributed by atoms with Gasteiger partial charge >= 0.3 is 0 Å². The number of hydrogen-bond donors (Lipinski definition) is 2. The largest absolute Gasteiger partial charge is 0.496 e. The van der Waals surface area contributed by atoms with Gasteiger partial charge in [0.2, 0.25) is 0 Å². The monoisotopic (exact) mass is 391 g/mol. The maximum absolute atomic E-state index is 12.5. The van der Waals surface area contributed by atoms with Crippen LogP contribution in [0.4, 0.5) is 0 Å². The van der Waals surface area contributed by atoms with E-state index in [0.717, 1.165) is 48.8 Å². The number of carbonyl (C=O) groups is 1. The number of ether oxygens (including phenoxy) is 1. The average Bonchev–Trinajstić information content (AvgIpc) is 3.43. The van der Waals surface area contributed by atoms with Crippen LogP contribution < -0.4 is 10.1 Å². The maximum atomic E-state index is 12.5. The highest BCUT2D eigenvalue weighted by atomic mass is 16.5. The molecule has 1 aliphatic rings. The number of methoxy groups -OCH3 is 1. The van der Waals surface area contributed by atoms with Crippen LogP contribution in [0.3, 0.4) is 0 Å². The molecule has 3 aromatic rings. The van der Waals surface area contributed by atoms with Crippen molar-refractivity contribution in [2.24, 2.45) is 0 Å². The lowest BCUT2D eigenvalue weighted by atomic mass is 10.0. The molecule has 0 spiro atoms. The predicted molar refractivity (Wildman–Crippen MR) is 110 cm³/mol. The molecule has 3 heterocycles. The van der Waals surface area contributed by atoms with Crippen molar-refractivity contribution < 1.29 is 9.53 Å². The molecule has 1 atom stereocenters. The van der Waals surface area contributed by atoms with E-state index in [4.69, 9.17) is 4.74 Å². The van der Waals surface area contributed by atoms with Gasteiger partial charge in [0.15, 0.2) is 0 Å². The molecule has 1 aliphatic heterocycles. The van der Waals surface area contributed by atoms with E-state index in [0.29, 0.717) is 18.2 Å². The molecule has 4 rings (SSSR count). The van der Waals surface area contributed by atoms with Crippen molar-refractivity contribution in [3.8, 4) is 5.75 Å². The SMILES string of the molecule is COc1ccccc1CNC(=O)c1cc([C@H]2CCN(Cc3ccccn3)C2)[nH]n1. The molecule has 2 aromatic heterocycles. The number of aromatic amines is 1. The summed E-state index contributed by atoms with van der Waals surface area (Å²) in [5.41, 5.74) is 3.43. The summed E-state index contributed by atoms with van der Waals surface area (Å²) in [6.07, 6.45) is 2.87. The van der Waals surface area contributed by atoms with Gasteiger partial charge in [0.25, 0.3) is 5.91 Å². The summed E-state index contributed by atoms with van der Waals surface area (Å²) in [6, 6.07) is 15.5. The second-order valence-corrected chi connectivity index (χ2v) is 7.24. The molecular weight excluding hydrogens is 366 g/mol. The molecule has 0 aliphatic carbocycles. The number of nitrogens with zero attached hydrogens (tertiary/aromatic N) is 3. The number of benzene rings is 1. The molecule has 1 amide bonds. The van der Waals surface area contributed by atoms with Gasteiger partial charge in [-0.15, -0.1) is 0 Å². The molecule has 7 nitrogen and oxygen atoms in total. The fraction of sp³-hybridized carbons (Fsp3) is 0.318. The molecule has 1 saturated heterocycles. The number of rotatable bonds is 7. The van der Waals surface area contributed by atoms with E-state index in [1.807, 2.05) is 54.7 Å². The third-order valence-corrected chi connectivity index (χ3v) is 5.29. The molecule has 0 unspecified atom stereocenters. The first-order valence-corrected chi connectivity index (χ1v) is 9.80. The third-order valence-electron chi connectivity index (χ3n) is 5.29. The van der Waals surface area contributed by atoms with Gasteiger partial charge in [-0.3, -0.25) is 19.8 Å². The van der Waals surface area contributed by atoms with Crippen molar-refractivity contribution in [3.05, 3.63) is 77.4 Å². The summed E-state index contributed by atoms with van der Waals surface area (Å²) in [4.78, 5) is 19.3. The summed E-state index contributed by atoms with van der Waals surface area (Å²) >= 11 is 0. The Morgan fingerprint density at radius 1 is 1.28 bits per heavy atom. The lowest BCUT2D eigenvalue weighted by Gasteiger charge is -2.14. The number of carbonyl (C=O) groups excluding carboxylic acids is 1. The van der Waals surface area contributed by atoms with Crippen molar-refractivity contribution in [2.45, 2.75) is 25.4 Å². The minimum atomic E-state index is -0.193. The van der Waals surface area contributed by atoms with Crippen molar-refractivity contribution >= 4 is 5.91 Å². The van der Waals surface area contributed by atoms with Crippen LogP contribution >= 0.6 is 0 Å². The van der Waals surface area contributed by atoms with Gasteiger partial charge in [0.05, 0.1) is 12.8 Å². The number of hydrogen-bond acceptors (Lipinski definition) is 5. The van der Waals surface area contributed by atoms with Gasteiger partial charge < -0.3 is 10.1 Å². The van der Waals surface area contributed by atoms with Crippen LogP contribution in [0.25, 0.3) is 0 Å². The second-order valence-electron chi connectivity index (χ2n) is 7.24. The first kappa shape index (κ1) is 19.1. The zero-order chi connectivity index (χ0) is 20.1. The third kappa shape index (κ3) is 4.63. The van der Waals surface area contributed by atoms with Crippen LogP contribution in [0.1, 0.15) is 39.8 Å². The average molecular weight is 391 g/mol. The van der Waals surface area contributed by atoms with Crippen LogP contribution in [0.5, 0.6) is 5.75 Å². The van der Waals surface area contributed by atoms with E-state index in [1.54, 1.807) is 7.11 Å². The Morgan fingerprint density at radius 3 is 2.97 bits per heavy atom. The highest BCUT2D eigenvalue weighted by molar-refractivity contribution is 5.92. The van der Waals surface area contributed by atoms with Crippen LogP contribution in [-0.4, -0.2) is 46.2 Å². The van der Waals surface area contributed by atoms with E-state index in [2.05, 4.69) is 25.4 Å². The summed E-state index contributed by atoms with van der Waals surface area (Å²) in [7, 11) is 1.62. The fourth-order valence-electron chi connectivity index (χ4n) is 3.73. The summed E-state index contributed by atoms with van der Waals surface area (Å²) in [5, 5.41) is 10.2. The molecular formula is C22H25N5O2. The number of H-pyrrole nitrogens is 1. The number of amides is 1. The zero-order valence-corrected chi connectivity index (χ0v) is 16.5. The predicted octanol–water partition coefficient (Wildman–Crippen LogP) is 2.73. The van der Waals surface area contributed by atoms with Crippen molar-refractivity contribution in [3.63, 3.8) is 0 Å². The van der Waals surface area contributed by atoms with Gasteiger partial charge in [0, 0.05) is 43.0 Å².